The van der Waals surface area contributed by atoms with Gasteiger partial charge >= 0.3 is 0 Å². The van der Waals surface area contributed by atoms with E-state index >= 15 is 0 Å². The van der Waals surface area contributed by atoms with Gasteiger partial charge in [-0.15, -0.1) is 0 Å². The highest BCUT2D eigenvalue weighted by Crippen LogP contribution is 2.31. The maximum atomic E-state index is 12.0. The maximum Gasteiger partial charge on any atom is 0.271 e. The monoisotopic (exact) mass is 376 g/mol. The minimum Gasteiger partial charge on any atom is -0.496 e. The Balaban J connectivity index is 2.14. The number of carbonyl (C=O) groups is 1. The van der Waals surface area contributed by atoms with Crippen LogP contribution in [-0.4, -0.2) is 26.3 Å². The summed E-state index contributed by atoms with van der Waals surface area (Å²) in [5.74, 6) is 0.984. The molecule has 0 fully saturated rings. The first-order valence-electron chi connectivity index (χ1n) is 6.86. The molecule has 2 rings (SSSR count). The zero-order valence-electron chi connectivity index (χ0n) is 13.1. The van der Waals surface area contributed by atoms with Crippen molar-refractivity contribution in [1.82, 2.24) is 5.43 Å². The molecule has 2 aromatic rings. The van der Waals surface area contributed by atoms with E-state index in [1.807, 2.05) is 19.1 Å². The van der Waals surface area contributed by atoms with Crippen LogP contribution in [0.3, 0.4) is 0 Å². The van der Waals surface area contributed by atoms with Gasteiger partial charge in [-0.1, -0.05) is 17.7 Å². The van der Waals surface area contributed by atoms with Crippen molar-refractivity contribution in [2.45, 2.75) is 6.92 Å². The first-order valence-corrected chi connectivity index (χ1v) is 7.66. The molecule has 120 valence electrons. The number of hydrogen-bond donors (Lipinski definition) is 1. The summed E-state index contributed by atoms with van der Waals surface area (Å²) in [6.07, 6.45) is 1.52. The molecule has 0 aliphatic heterocycles. The summed E-state index contributed by atoms with van der Waals surface area (Å²) < 4.78 is 11.3. The summed E-state index contributed by atoms with van der Waals surface area (Å²) in [6.45, 7) is 1.93. The van der Waals surface area contributed by atoms with Crippen LogP contribution in [0.5, 0.6) is 11.5 Å². The van der Waals surface area contributed by atoms with Crippen molar-refractivity contribution in [3.63, 3.8) is 0 Å². The average molecular weight is 377 g/mol. The number of carbonyl (C=O) groups excluding carboxylic acids is 1. The molecule has 0 aliphatic carbocycles. The summed E-state index contributed by atoms with van der Waals surface area (Å²) >= 11 is 3.41. The van der Waals surface area contributed by atoms with Gasteiger partial charge in [-0.25, -0.2) is 5.43 Å². The number of ether oxygens (including phenoxy) is 2. The highest BCUT2D eigenvalue weighted by molar-refractivity contribution is 9.10. The van der Waals surface area contributed by atoms with Crippen molar-refractivity contribution in [3.8, 4) is 11.5 Å². The lowest BCUT2D eigenvalue weighted by atomic mass is 10.1. The number of aryl methyl sites for hydroxylation is 1. The molecule has 0 saturated carbocycles. The number of methoxy groups -OCH3 is 2. The molecule has 6 heteroatoms. The number of amides is 1. The number of halogens is 1. The van der Waals surface area contributed by atoms with Gasteiger partial charge in [-0.05, 0) is 41.1 Å². The van der Waals surface area contributed by atoms with E-state index in [2.05, 4.69) is 26.5 Å². The van der Waals surface area contributed by atoms with Gasteiger partial charge in [-0.2, -0.15) is 5.10 Å². The van der Waals surface area contributed by atoms with E-state index in [9.17, 15) is 4.79 Å². The Morgan fingerprint density at radius 2 is 1.91 bits per heavy atom. The van der Waals surface area contributed by atoms with Crippen LogP contribution in [0.2, 0.25) is 0 Å². The van der Waals surface area contributed by atoms with E-state index in [-0.39, 0.29) is 5.91 Å². The predicted molar refractivity (Wildman–Crippen MR) is 93.5 cm³/mol. The van der Waals surface area contributed by atoms with Crippen molar-refractivity contribution in [3.05, 3.63) is 57.6 Å². The Morgan fingerprint density at radius 3 is 2.57 bits per heavy atom. The molecule has 2 aromatic carbocycles. The van der Waals surface area contributed by atoms with Gasteiger partial charge in [0, 0.05) is 17.2 Å². The highest BCUT2D eigenvalue weighted by atomic mass is 79.9. The highest BCUT2D eigenvalue weighted by Gasteiger charge is 2.08. The van der Waals surface area contributed by atoms with E-state index in [1.54, 1.807) is 38.5 Å². The lowest BCUT2D eigenvalue weighted by Crippen LogP contribution is -2.17. The van der Waals surface area contributed by atoms with Gasteiger partial charge in [-0.3, -0.25) is 4.79 Å². The molecule has 5 nitrogen and oxygen atoms in total. The zero-order valence-corrected chi connectivity index (χ0v) is 14.7. The molecular formula is C17H17BrN2O3. The zero-order chi connectivity index (χ0) is 16.8. The number of hydrazone groups is 1. The molecule has 1 N–H and O–H groups in total. The second-order valence-corrected chi connectivity index (χ2v) is 5.65. The van der Waals surface area contributed by atoms with Gasteiger partial charge in [0.15, 0.2) is 0 Å². The van der Waals surface area contributed by atoms with Crippen molar-refractivity contribution < 1.29 is 14.3 Å². The minimum absolute atomic E-state index is 0.267. The molecule has 0 spiro atoms. The number of benzene rings is 2. The maximum absolute atomic E-state index is 12.0. The largest absolute Gasteiger partial charge is 0.496 e. The van der Waals surface area contributed by atoms with Gasteiger partial charge < -0.3 is 9.47 Å². The van der Waals surface area contributed by atoms with Crippen LogP contribution in [0.1, 0.15) is 21.5 Å². The molecule has 0 aromatic heterocycles. The first kappa shape index (κ1) is 17.0. The van der Waals surface area contributed by atoms with Crippen molar-refractivity contribution in [1.29, 1.82) is 0 Å². The van der Waals surface area contributed by atoms with E-state index in [1.165, 1.54) is 6.21 Å². The van der Waals surface area contributed by atoms with Crippen molar-refractivity contribution in [2.75, 3.05) is 14.2 Å². The third-order valence-corrected chi connectivity index (χ3v) is 3.77. The quantitative estimate of drug-likeness (QED) is 0.641. The van der Waals surface area contributed by atoms with Crippen LogP contribution < -0.4 is 14.9 Å². The second kappa shape index (κ2) is 7.78. The Kier molecular flexibility index (Phi) is 5.76. The molecule has 0 aliphatic rings. The number of rotatable bonds is 5. The molecule has 0 radical (unpaired) electrons. The molecule has 1 amide bonds. The normalized spacial score (nSPS) is 10.6. The van der Waals surface area contributed by atoms with E-state index in [0.29, 0.717) is 22.6 Å². The molecule has 0 heterocycles. The topological polar surface area (TPSA) is 59.9 Å². The van der Waals surface area contributed by atoms with Gasteiger partial charge in [0.1, 0.15) is 11.5 Å². The summed E-state index contributed by atoms with van der Waals surface area (Å²) in [7, 11) is 3.14. The molecule has 23 heavy (non-hydrogen) atoms. The number of hydrogen-bond acceptors (Lipinski definition) is 4. The van der Waals surface area contributed by atoms with Crippen LogP contribution in [-0.2, 0) is 0 Å². The fourth-order valence-corrected chi connectivity index (χ4v) is 2.52. The summed E-state index contributed by atoms with van der Waals surface area (Å²) in [5.41, 5.74) is 4.79. The van der Waals surface area contributed by atoms with Crippen LogP contribution >= 0.6 is 15.9 Å². The predicted octanol–water partition coefficient (Wildman–Crippen LogP) is 3.54. The fraction of sp³-hybridized carbons (Fsp3) is 0.176. The van der Waals surface area contributed by atoms with Crippen molar-refractivity contribution >= 4 is 28.1 Å². The molecular weight excluding hydrogens is 360 g/mol. The van der Waals surface area contributed by atoms with Crippen LogP contribution in [0.4, 0.5) is 0 Å². The van der Waals surface area contributed by atoms with Crippen LogP contribution in [0.15, 0.2) is 46.0 Å². The standard InChI is InChI=1S/C17H17BrN2O3/c1-11-5-4-6-12(7-11)17(21)20-19-10-13-8-14(18)16(23-3)9-15(13)22-2/h4-10H,1-3H3,(H,20,21). The second-order valence-electron chi connectivity index (χ2n) is 4.80. The van der Waals surface area contributed by atoms with Gasteiger partial charge in [0.2, 0.25) is 0 Å². The molecule has 0 unspecified atom stereocenters. The molecule has 0 bridgehead atoms. The first-order chi connectivity index (χ1) is 11.0. The van der Waals surface area contributed by atoms with Crippen LogP contribution in [0.25, 0.3) is 0 Å². The Labute approximate surface area is 143 Å². The molecule has 0 atom stereocenters. The van der Waals surface area contributed by atoms with E-state index in [0.717, 1.165) is 10.0 Å². The summed E-state index contributed by atoms with van der Waals surface area (Å²) in [6, 6.07) is 10.9. The van der Waals surface area contributed by atoms with Crippen LogP contribution in [0, 0.1) is 6.92 Å². The Hall–Kier alpha value is -2.34. The van der Waals surface area contributed by atoms with E-state index in [4.69, 9.17) is 9.47 Å². The molecule has 0 saturated heterocycles. The number of nitrogens with zero attached hydrogens (tertiary/aromatic N) is 1. The third kappa shape index (κ3) is 4.32. The third-order valence-electron chi connectivity index (χ3n) is 3.15. The minimum atomic E-state index is -0.267. The Bertz CT molecular complexity index is 745. The SMILES string of the molecule is COc1cc(OC)c(C=NNC(=O)c2cccc(C)c2)cc1Br. The smallest absolute Gasteiger partial charge is 0.271 e. The average Bonchev–Trinajstić information content (AvgIpc) is 2.55. The number of nitrogens with one attached hydrogen (secondary N) is 1. The Morgan fingerprint density at radius 1 is 1.17 bits per heavy atom. The van der Waals surface area contributed by atoms with Gasteiger partial charge in [0.05, 0.1) is 24.9 Å². The van der Waals surface area contributed by atoms with Gasteiger partial charge in [0.25, 0.3) is 5.91 Å². The lowest BCUT2D eigenvalue weighted by Gasteiger charge is -2.09. The summed E-state index contributed by atoms with van der Waals surface area (Å²) in [5, 5.41) is 3.99. The summed E-state index contributed by atoms with van der Waals surface area (Å²) in [4.78, 5) is 12.0. The van der Waals surface area contributed by atoms with E-state index < -0.39 is 0 Å². The van der Waals surface area contributed by atoms with Crippen molar-refractivity contribution in [2.24, 2.45) is 5.10 Å². The fourth-order valence-electron chi connectivity index (χ4n) is 2.00. The lowest BCUT2D eigenvalue weighted by molar-refractivity contribution is 0.0955.